The van der Waals surface area contributed by atoms with Gasteiger partial charge in [-0.2, -0.15) is 26.3 Å². The Morgan fingerprint density at radius 3 is 2.24 bits per heavy atom. The van der Waals surface area contributed by atoms with E-state index in [2.05, 4.69) is 20.5 Å². The molecular weight excluding hydrogens is 400 g/mol. The van der Waals surface area contributed by atoms with Gasteiger partial charge < -0.3 is 20.4 Å². The molecule has 0 aliphatic carbocycles. The van der Waals surface area contributed by atoms with E-state index in [9.17, 15) is 26.3 Å². The number of likely N-dealkylation sites (N-methyl/N-ethyl adjacent to an activating group) is 1. The number of benzene rings is 1. The second-order valence-corrected chi connectivity index (χ2v) is 6.85. The van der Waals surface area contributed by atoms with Gasteiger partial charge in [-0.3, -0.25) is 4.99 Å². The van der Waals surface area contributed by atoms with Gasteiger partial charge in [-0.25, -0.2) is 0 Å². The van der Waals surface area contributed by atoms with Gasteiger partial charge in [-0.05, 0) is 30.8 Å². The van der Waals surface area contributed by atoms with Gasteiger partial charge in [0.05, 0.1) is 12.0 Å². The summed E-state index contributed by atoms with van der Waals surface area (Å²) in [6, 6.07) is 3.57. The van der Waals surface area contributed by atoms with E-state index >= 15 is 0 Å². The average Bonchev–Trinajstić information content (AvgIpc) is 2.63. The maximum absolute atomic E-state index is 13.2. The lowest BCUT2D eigenvalue weighted by molar-refractivity contribution is -0.137. The Morgan fingerprint density at radius 1 is 1.03 bits per heavy atom. The minimum absolute atomic E-state index is 0.00269. The molecule has 1 fully saturated rings. The van der Waals surface area contributed by atoms with Crippen LogP contribution in [-0.2, 0) is 12.7 Å². The number of aliphatic imine (C=N–C) groups is 1. The maximum Gasteiger partial charge on any atom is 0.416 e. The minimum Gasteiger partial charge on any atom is -0.369 e. The molecule has 0 aromatic heterocycles. The molecule has 1 saturated heterocycles. The second kappa shape index (κ2) is 9.55. The summed E-state index contributed by atoms with van der Waals surface area (Å²) >= 11 is 0. The molecule has 11 heteroatoms. The van der Waals surface area contributed by atoms with Crippen molar-refractivity contribution in [2.75, 3.05) is 51.7 Å². The van der Waals surface area contributed by atoms with Gasteiger partial charge in [-0.15, -0.1) is 0 Å². The van der Waals surface area contributed by atoms with E-state index in [1.54, 1.807) is 0 Å². The van der Waals surface area contributed by atoms with E-state index in [1.807, 2.05) is 11.9 Å². The quantitative estimate of drug-likeness (QED) is 0.432. The number of hydrogen-bond donors (Lipinski definition) is 2. The monoisotopic (exact) mass is 425 g/mol. The highest BCUT2D eigenvalue weighted by atomic mass is 19.4. The molecule has 2 rings (SSSR count). The molecule has 1 aromatic carbocycles. The van der Waals surface area contributed by atoms with Crippen molar-refractivity contribution in [3.63, 3.8) is 0 Å². The normalized spacial score (nSPS) is 16.8. The van der Waals surface area contributed by atoms with Crippen molar-refractivity contribution in [3.8, 4) is 0 Å². The fraction of sp³-hybridized carbons (Fsp3) is 0.611. The molecule has 0 spiro atoms. The van der Waals surface area contributed by atoms with E-state index < -0.39 is 24.3 Å². The van der Waals surface area contributed by atoms with Gasteiger partial charge in [0.15, 0.2) is 5.96 Å². The fourth-order valence-corrected chi connectivity index (χ4v) is 2.98. The molecule has 2 N–H and O–H groups in total. The largest absolute Gasteiger partial charge is 0.416 e. The van der Waals surface area contributed by atoms with E-state index in [1.165, 1.54) is 13.1 Å². The van der Waals surface area contributed by atoms with Gasteiger partial charge in [0.2, 0.25) is 0 Å². The van der Waals surface area contributed by atoms with Crippen molar-refractivity contribution in [2.45, 2.75) is 25.3 Å². The summed E-state index contributed by atoms with van der Waals surface area (Å²) in [4.78, 5) is 7.97. The van der Waals surface area contributed by atoms with Crippen molar-refractivity contribution in [1.29, 1.82) is 0 Å². The first kappa shape index (κ1) is 23.1. The number of piperazine rings is 1. The van der Waals surface area contributed by atoms with E-state index in [0.717, 1.165) is 25.2 Å². The SMILES string of the molecule is CN=C(NCCC(F)(F)F)NCc1cc(C(F)(F)F)ccc1N1CCN(C)CC1. The molecule has 164 valence electrons. The molecular formula is C18H25F6N5. The molecule has 5 nitrogen and oxygen atoms in total. The van der Waals surface area contributed by atoms with Crippen LogP contribution in [-0.4, -0.2) is 63.9 Å². The van der Waals surface area contributed by atoms with E-state index in [0.29, 0.717) is 24.3 Å². The van der Waals surface area contributed by atoms with Gasteiger partial charge in [0, 0.05) is 52.0 Å². The molecule has 0 amide bonds. The van der Waals surface area contributed by atoms with Crippen molar-refractivity contribution in [1.82, 2.24) is 15.5 Å². The predicted octanol–water partition coefficient (Wildman–Crippen LogP) is 3.07. The Kier molecular flexibility index (Phi) is 7.61. The standard InChI is InChI=1S/C18H25F6N5/c1-25-16(26-6-5-17(19,20)21)27-12-13-11-14(18(22,23)24)3-4-15(13)29-9-7-28(2)8-10-29/h3-4,11H,5-10,12H2,1-2H3,(H2,25,26,27). The van der Waals surface area contributed by atoms with Gasteiger partial charge in [0.25, 0.3) is 0 Å². The maximum atomic E-state index is 13.2. The molecule has 1 heterocycles. The first-order chi connectivity index (χ1) is 13.5. The van der Waals surface area contributed by atoms with Crippen LogP contribution in [0.3, 0.4) is 0 Å². The zero-order chi connectivity index (χ0) is 21.7. The van der Waals surface area contributed by atoms with Crippen LogP contribution >= 0.6 is 0 Å². The van der Waals surface area contributed by atoms with Crippen LogP contribution in [0.5, 0.6) is 0 Å². The Balaban J connectivity index is 2.13. The van der Waals surface area contributed by atoms with Crippen LogP contribution in [0.2, 0.25) is 0 Å². The number of nitrogens with one attached hydrogen (secondary N) is 2. The zero-order valence-electron chi connectivity index (χ0n) is 16.3. The summed E-state index contributed by atoms with van der Waals surface area (Å²) in [5.41, 5.74) is 0.305. The van der Waals surface area contributed by atoms with Gasteiger partial charge >= 0.3 is 12.4 Å². The van der Waals surface area contributed by atoms with E-state index in [4.69, 9.17) is 0 Å². The summed E-state index contributed by atoms with van der Waals surface area (Å²) in [6.07, 6.45) is -9.83. The number of anilines is 1. The predicted molar refractivity (Wildman–Crippen MR) is 100 cm³/mol. The molecule has 1 aromatic rings. The molecule has 0 bridgehead atoms. The number of nitrogens with zero attached hydrogens (tertiary/aromatic N) is 3. The summed E-state index contributed by atoms with van der Waals surface area (Å²) in [6.45, 7) is 2.54. The first-order valence-corrected chi connectivity index (χ1v) is 9.14. The molecule has 0 saturated carbocycles. The highest BCUT2D eigenvalue weighted by Crippen LogP contribution is 2.33. The van der Waals surface area contributed by atoms with Crippen LogP contribution in [0.25, 0.3) is 0 Å². The third kappa shape index (κ3) is 7.30. The zero-order valence-corrected chi connectivity index (χ0v) is 16.3. The Hall–Kier alpha value is -2.17. The lowest BCUT2D eigenvalue weighted by atomic mass is 10.1. The van der Waals surface area contributed by atoms with Crippen LogP contribution in [0.15, 0.2) is 23.2 Å². The molecule has 0 unspecified atom stereocenters. The van der Waals surface area contributed by atoms with Crippen LogP contribution in [0, 0.1) is 0 Å². The first-order valence-electron chi connectivity index (χ1n) is 9.14. The highest BCUT2D eigenvalue weighted by molar-refractivity contribution is 5.79. The van der Waals surface area contributed by atoms with Crippen LogP contribution in [0.4, 0.5) is 32.0 Å². The molecule has 1 aliphatic heterocycles. The van der Waals surface area contributed by atoms with Crippen molar-refractivity contribution >= 4 is 11.6 Å². The number of guanidine groups is 1. The lowest BCUT2D eigenvalue weighted by Gasteiger charge is -2.35. The van der Waals surface area contributed by atoms with Crippen molar-refractivity contribution in [3.05, 3.63) is 29.3 Å². The Labute approximate surface area is 165 Å². The van der Waals surface area contributed by atoms with Gasteiger partial charge in [0.1, 0.15) is 0 Å². The molecule has 0 radical (unpaired) electrons. The summed E-state index contributed by atoms with van der Waals surface area (Å²) in [5.74, 6) is 0.0935. The van der Waals surface area contributed by atoms with Crippen molar-refractivity contribution in [2.24, 2.45) is 4.99 Å². The fourth-order valence-electron chi connectivity index (χ4n) is 2.98. The number of halogens is 6. The second-order valence-electron chi connectivity index (χ2n) is 6.85. The minimum atomic E-state index is -4.48. The van der Waals surface area contributed by atoms with Gasteiger partial charge in [-0.1, -0.05) is 0 Å². The Bertz CT molecular complexity index is 693. The third-order valence-corrected chi connectivity index (χ3v) is 4.62. The lowest BCUT2D eigenvalue weighted by Crippen LogP contribution is -2.45. The molecule has 29 heavy (non-hydrogen) atoms. The van der Waals surface area contributed by atoms with Crippen LogP contribution < -0.4 is 15.5 Å². The van der Waals surface area contributed by atoms with Crippen molar-refractivity contribution < 1.29 is 26.3 Å². The van der Waals surface area contributed by atoms with Crippen LogP contribution in [0.1, 0.15) is 17.5 Å². The Morgan fingerprint density at radius 2 is 1.69 bits per heavy atom. The topological polar surface area (TPSA) is 42.9 Å². The molecule has 0 atom stereocenters. The summed E-state index contributed by atoms with van der Waals surface area (Å²) < 4.78 is 76.3. The summed E-state index contributed by atoms with van der Waals surface area (Å²) in [5, 5.41) is 5.33. The molecule has 1 aliphatic rings. The average molecular weight is 425 g/mol. The smallest absolute Gasteiger partial charge is 0.369 e. The third-order valence-electron chi connectivity index (χ3n) is 4.62. The number of alkyl halides is 6. The highest BCUT2D eigenvalue weighted by Gasteiger charge is 2.31. The number of hydrogen-bond acceptors (Lipinski definition) is 3. The summed E-state index contributed by atoms with van der Waals surface area (Å²) in [7, 11) is 3.36. The van der Waals surface area contributed by atoms with E-state index in [-0.39, 0.29) is 19.0 Å². The number of rotatable bonds is 5.